The lowest BCUT2D eigenvalue weighted by Gasteiger charge is -2.14. The molecule has 1 amide bonds. The first-order valence-corrected chi connectivity index (χ1v) is 7.28. The van der Waals surface area contributed by atoms with E-state index in [1.165, 1.54) is 7.11 Å². The largest absolute Gasteiger partial charge is 0.497 e. The second-order valence-corrected chi connectivity index (χ2v) is 5.09. The summed E-state index contributed by atoms with van der Waals surface area (Å²) in [6, 6.07) is 6.25. The van der Waals surface area contributed by atoms with Crippen LogP contribution in [0, 0.1) is 23.3 Å². The van der Waals surface area contributed by atoms with Gasteiger partial charge in [0.15, 0.2) is 23.3 Å². The van der Waals surface area contributed by atoms with Crippen LogP contribution in [-0.4, -0.2) is 13.5 Å². The van der Waals surface area contributed by atoms with E-state index in [0.29, 0.717) is 11.3 Å². The molecule has 0 fully saturated rings. The van der Waals surface area contributed by atoms with Gasteiger partial charge in [0.25, 0.3) is 0 Å². The van der Waals surface area contributed by atoms with Crippen molar-refractivity contribution in [3.05, 3.63) is 64.2 Å². The minimum Gasteiger partial charge on any atom is -0.497 e. The molecule has 27 heavy (non-hydrogen) atoms. The van der Waals surface area contributed by atoms with E-state index < -0.39 is 47.0 Å². The van der Waals surface area contributed by atoms with Gasteiger partial charge in [-0.25, -0.2) is 17.6 Å². The maximum Gasteiger partial charge on any atom is 0.422 e. The summed E-state index contributed by atoms with van der Waals surface area (Å²) in [5.74, 6) is -8.41. The smallest absolute Gasteiger partial charge is 0.422 e. The molecule has 0 radical (unpaired) electrons. The molecule has 0 heterocycles. The summed E-state index contributed by atoms with van der Waals surface area (Å²) in [7, 11) is 1.44. The van der Waals surface area contributed by atoms with Crippen LogP contribution in [0.2, 0.25) is 0 Å². The summed E-state index contributed by atoms with van der Waals surface area (Å²) in [5, 5.41) is 0. The number of methoxy groups -OCH3 is 1. The standard InChI is InChI=1S/C16H11F7O.CH3NO/c1-24-9-5-2-8(3-6-9)4-7-10-12(17)14(19)11(16(21,22)23)15(20)13(10)18;2-1-3/h2-3,5-6H,4,7H2,1H3;1H,(H2,2,3). The Morgan fingerprint density at radius 3 is 1.74 bits per heavy atom. The molecule has 2 rings (SSSR count). The van der Waals surface area contributed by atoms with E-state index in [9.17, 15) is 30.7 Å². The summed E-state index contributed by atoms with van der Waals surface area (Å²) < 4.78 is 96.9. The number of benzene rings is 2. The van der Waals surface area contributed by atoms with Crippen LogP contribution in [0.1, 0.15) is 16.7 Å². The maximum atomic E-state index is 13.8. The first-order chi connectivity index (χ1) is 12.6. The fourth-order valence-electron chi connectivity index (χ4n) is 2.21. The number of carbonyl (C=O) groups is 1. The van der Waals surface area contributed by atoms with Gasteiger partial charge in [-0.1, -0.05) is 12.1 Å². The van der Waals surface area contributed by atoms with Crippen LogP contribution in [0.3, 0.4) is 0 Å². The molecule has 0 bridgehead atoms. The Morgan fingerprint density at radius 1 is 0.926 bits per heavy atom. The lowest BCUT2D eigenvalue weighted by atomic mass is 10.0. The first-order valence-electron chi connectivity index (χ1n) is 7.28. The molecule has 148 valence electrons. The fourth-order valence-corrected chi connectivity index (χ4v) is 2.21. The predicted molar refractivity (Wildman–Crippen MR) is 81.9 cm³/mol. The van der Waals surface area contributed by atoms with Gasteiger partial charge in [0.05, 0.1) is 7.11 Å². The minimum atomic E-state index is -5.54. The highest BCUT2D eigenvalue weighted by molar-refractivity contribution is 5.42. The molecule has 2 N–H and O–H groups in total. The zero-order valence-electron chi connectivity index (χ0n) is 13.8. The second kappa shape index (κ2) is 9.24. The van der Waals surface area contributed by atoms with Crippen molar-refractivity contribution < 1.29 is 40.3 Å². The number of rotatable bonds is 4. The molecule has 3 nitrogen and oxygen atoms in total. The monoisotopic (exact) mass is 397 g/mol. The first kappa shape index (κ1) is 22.3. The molecule has 0 saturated heterocycles. The van der Waals surface area contributed by atoms with E-state index in [2.05, 4.69) is 5.73 Å². The van der Waals surface area contributed by atoms with Crippen molar-refractivity contribution in [2.24, 2.45) is 5.73 Å². The molecule has 2 aromatic rings. The van der Waals surface area contributed by atoms with Gasteiger partial charge in [-0.15, -0.1) is 0 Å². The number of aryl methyl sites for hydroxylation is 1. The molecule has 0 aliphatic rings. The average molecular weight is 397 g/mol. The van der Waals surface area contributed by atoms with E-state index in [4.69, 9.17) is 9.53 Å². The number of halogens is 7. The summed E-state index contributed by atoms with van der Waals surface area (Å²) in [6.07, 6.45) is -5.82. The zero-order valence-corrected chi connectivity index (χ0v) is 13.8. The summed E-state index contributed by atoms with van der Waals surface area (Å²) in [5.41, 5.74) is 1.11. The quantitative estimate of drug-likeness (QED) is 0.479. The van der Waals surface area contributed by atoms with Crippen molar-refractivity contribution in [2.45, 2.75) is 19.0 Å². The van der Waals surface area contributed by atoms with Gasteiger partial charge in [-0.2, -0.15) is 13.2 Å². The molecule has 0 saturated carbocycles. The van der Waals surface area contributed by atoms with Crippen LogP contribution in [0.25, 0.3) is 0 Å². The summed E-state index contributed by atoms with van der Waals surface area (Å²) in [6.45, 7) is 0. The van der Waals surface area contributed by atoms with Gasteiger partial charge in [-0.05, 0) is 30.5 Å². The number of carbonyl (C=O) groups excluding carboxylic acids is 1. The number of amides is 1. The van der Waals surface area contributed by atoms with Crippen molar-refractivity contribution in [1.82, 2.24) is 0 Å². The number of hydrogen-bond acceptors (Lipinski definition) is 2. The molecule has 0 spiro atoms. The molecular formula is C17H14F7NO2. The van der Waals surface area contributed by atoms with Crippen LogP contribution < -0.4 is 10.5 Å². The van der Waals surface area contributed by atoms with Crippen LogP contribution in [0.5, 0.6) is 5.75 Å². The van der Waals surface area contributed by atoms with Gasteiger partial charge < -0.3 is 10.5 Å². The Labute approximate surface area is 149 Å². The van der Waals surface area contributed by atoms with Crippen LogP contribution in [0.4, 0.5) is 30.7 Å². The van der Waals surface area contributed by atoms with Gasteiger partial charge >= 0.3 is 6.18 Å². The SMILES string of the molecule is COc1ccc(CCc2c(F)c(F)c(C(F)(F)F)c(F)c2F)cc1.NC=O. The lowest BCUT2D eigenvalue weighted by Crippen LogP contribution is -2.17. The molecule has 0 aromatic heterocycles. The topological polar surface area (TPSA) is 52.3 Å². The Kier molecular flexibility index (Phi) is 7.62. The van der Waals surface area contributed by atoms with E-state index in [1.54, 1.807) is 24.3 Å². The highest BCUT2D eigenvalue weighted by Gasteiger charge is 2.42. The van der Waals surface area contributed by atoms with Crippen molar-refractivity contribution in [2.75, 3.05) is 7.11 Å². The van der Waals surface area contributed by atoms with Crippen LogP contribution in [0.15, 0.2) is 24.3 Å². The van der Waals surface area contributed by atoms with Gasteiger partial charge in [0.2, 0.25) is 6.41 Å². The highest BCUT2D eigenvalue weighted by Crippen LogP contribution is 2.37. The fraction of sp³-hybridized carbons (Fsp3) is 0.235. The highest BCUT2D eigenvalue weighted by atomic mass is 19.4. The third kappa shape index (κ3) is 5.35. The van der Waals surface area contributed by atoms with E-state index in [1.807, 2.05) is 0 Å². The summed E-state index contributed by atoms with van der Waals surface area (Å²) in [4.78, 5) is 8.58. The van der Waals surface area contributed by atoms with Gasteiger partial charge in [0, 0.05) is 5.56 Å². The number of alkyl halides is 3. The van der Waals surface area contributed by atoms with Gasteiger partial charge in [-0.3, -0.25) is 4.79 Å². The zero-order chi connectivity index (χ0) is 20.8. The number of primary amides is 1. The predicted octanol–water partition coefficient (Wildman–Crippen LogP) is 4.16. The number of hydrogen-bond donors (Lipinski definition) is 1. The average Bonchev–Trinajstić information content (AvgIpc) is 2.60. The van der Waals surface area contributed by atoms with E-state index >= 15 is 0 Å². The Bertz CT molecular complexity index is 760. The van der Waals surface area contributed by atoms with Crippen LogP contribution in [-0.2, 0) is 23.8 Å². The van der Waals surface area contributed by atoms with Gasteiger partial charge in [0.1, 0.15) is 11.3 Å². The minimum absolute atomic E-state index is 0.0257. The lowest BCUT2D eigenvalue weighted by molar-refractivity contribution is -0.143. The van der Waals surface area contributed by atoms with E-state index in [-0.39, 0.29) is 12.8 Å². The Balaban J connectivity index is 0.00000114. The normalized spacial score (nSPS) is 10.8. The van der Waals surface area contributed by atoms with Crippen molar-refractivity contribution in [3.8, 4) is 5.75 Å². The third-order valence-electron chi connectivity index (χ3n) is 3.46. The summed E-state index contributed by atoms with van der Waals surface area (Å²) >= 11 is 0. The third-order valence-corrected chi connectivity index (χ3v) is 3.46. The second-order valence-electron chi connectivity index (χ2n) is 5.09. The van der Waals surface area contributed by atoms with Crippen molar-refractivity contribution >= 4 is 6.41 Å². The molecule has 2 aromatic carbocycles. The van der Waals surface area contributed by atoms with Crippen LogP contribution >= 0.6 is 0 Å². The number of ether oxygens (including phenoxy) is 1. The Hall–Kier alpha value is -2.78. The molecule has 10 heteroatoms. The van der Waals surface area contributed by atoms with E-state index in [0.717, 1.165) is 0 Å². The number of nitrogens with two attached hydrogens (primary N) is 1. The molecule has 0 aliphatic heterocycles. The van der Waals surface area contributed by atoms with Crippen molar-refractivity contribution in [1.29, 1.82) is 0 Å². The Morgan fingerprint density at radius 2 is 1.37 bits per heavy atom. The molecular weight excluding hydrogens is 383 g/mol. The van der Waals surface area contributed by atoms with Crippen molar-refractivity contribution in [3.63, 3.8) is 0 Å². The molecule has 0 unspecified atom stereocenters. The molecule has 0 aliphatic carbocycles. The molecule has 0 atom stereocenters. The maximum absolute atomic E-state index is 13.8.